The van der Waals surface area contributed by atoms with Crippen LogP contribution < -0.4 is 10.6 Å². The van der Waals surface area contributed by atoms with Crippen LogP contribution in [0.1, 0.15) is 46.9 Å². The third kappa shape index (κ3) is 3.74. The summed E-state index contributed by atoms with van der Waals surface area (Å²) in [5.74, 6) is -2.55. The Morgan fingerprint density at radius 3 is 2.77 bits per heavy atom. The fraction of sp³-hybridized carbons (Fsp3) is 0.333. The normalized spacial score (nSPS) is 15.6. The van der Waals surface area contributed by atoms with E-state index < -0.39 is 17.9 Å². The molecule has 1 amide bonds. The van der Waals surface area contributed by atoms with Crippen LogP contribution in [-0.4, -0.2) is 44.0 Å². The topological polar surface area (TPSA) is 84.2 Å². The van der Waals surface area contributed by atoms with Gasteiger partial charge in [0.15, 0.2) is 0 Å². The molecule has 0 spiro atoms. The van der Waals surface area contributed by atoms with E-state index in [-0.39, 0.29) is 12.8 Å². The first-order valence-electron chi connectivity index (χ1n) is 9.70. The highest BCUT2D eigenvalue weighted by Crippen LogP contribution is 2.37. The zero-order valence-corrected chi connectivity index (χ0v) is 16.7. The number of alkyl halides is 2. The molecular weight excluding hydrogens is 390 g/mol. The van der Waals surface area contributed by atoms with E-state index in [4.69, 9.17) is 0 Å². The van der Waals surface area contributed by atoms with Crippen molar-refractivity contribution in [1.29, 1.82) is 0 Å². The number of fused-ring (bicyclic) bond motifs is 1. The summed E-state index contributed by atoms with van der Waals surface area (Å²) in [6.07, 6.45) is 4.22. The molecule has 4 rings (SSSR count). The molecule has 3 aromatic rings. The number of pyridine rings is 1. The van der Waals surface area contributed by atoms with Crippen molar-refractivity contribution in [2.45, 2.75) is 38.7 Å². The third-order valence-corrected chi connectivity index (χ3v) is 5.18. The number of hydrogen-bond donors (Lipinski definition) is 2. The molecule has 9 heteroatoms. The molecule has 0 saturated heterocycles. The molecule has 156 valence electrons. The van der Waals surface area contributed by atoms with Gasteiger partial charge in [-0.05, 0) is 37.1 Å². The maximum atomic E-state index is 13.0. The summed E-state index contributed by atoms with van der Waals surface area (Å²) < 4.78 is 27.7. The van der Waals surface area contributed by atoms with Crippen LogP contribution in [0.5, 0.6) is 0 Å². The number of nitrogens with one attached hydrogen (secondary N) is 2. The van der Waals surface area contributed by atoms with Gasteiger partial charge in [0.2, 0.25) is 5.95 Å². The minimum atomic E-state index is -2.69. The molecule has 30 heavy (non-hydrogen) atoms. The molecule has 2 N–H and O–H groups in total. The molecule has 0 atom stereocenters. The van der Waals surface area contributed by atoms with Crippen molar-refractivity contribution in [3.05, 3.63) is 59.7 Å². The molecule has 0 radical (unpaired) electrons. The number of nitrogens with zero attached hydrogens (tertiary/aromatic N) is 4. The second-order valence-corrected chi connectivity index (χ2v) is 7.44. The van der Waals surface area contributed by atoms with Crippen LogP contribution >= 0.6 is 0 Å². The highest BCUT2D eigenvalue weighted by Gasteiger charge is 2.46. The van der Waals surface area contributed by atoms with Crippen molar-refractivity contribution in [3.63, 3.8) is 0 Å². The number of anilines is 1. The average molecular weight is 412 g/mol. The van der Waals surface area contributed by atoms with Crippen LogP contribution in [0.3, 0.4) is 0 Å². The first kappa shape index (κ1) is 19.9. The van der Waals surface area contributed by atoms with Crippen LogP contribution in [0.2, 0.25) is 0 Å². The number of halogens is 2. The lowest BCUT2D eigenvalue weighted by Crippen LogP contribution is -2.50. The Bertz CT molecular complexity index is 1130. The van der Waals surface area contributed by atoms with Gasteiger partial charge >= 0.3 is 0 Å². The van der Waals surface area contributed by atoms with Crippen molar-refractivity contribution >= 4 is 22.9 Å². The summed E-state index contributed by atoms with van der Waals surface area (Å²) in [6.45, 7) is 8.74. The largest absolute Gasteiger partial charge is 0.354 e. The molecule has 1 aliphatic rings. The molecular formula is C21H22F2N6O. The van der Waals surface area contributed by atoms with Gasteiger partial charge in [0.1, 0.15) is 0 Å². The predicted molar refractivity (Wildman–Crippen MR) is 110 cm³/mol. The Morgan fingerprint density at radius 2 is 2.10 bits per heavy atom. The van der Waals surface area contributed by atoms with E-state index >= 15 is 0 Å². The number of carbonyl (C=O) groups is 1. The summed E-state index contributed by atoms with van der Waals surface area (Å²) in [7, 11) is 0. The lowest BCUT2D eigenvalue weighted by atomic mass is 9.88. The first-order chi connectivity index (χ1) is 14.3. The molecule has 3 aromatic heterocycles. The van der Waals surface area contributed by atoms with E-state index in [0.717, 1.165) is 23.4 Å². The standard InChI is InChI=1S/C21H22F2N6O/c1-4-24-20-25-10-16(13(3)27-20)12(2)14-5-6-29-18(7-14)17(11-26-29)19(30)28-15-8-21(22,23)9-15/h5-7,10-11,15H,2,4,8-9H2,1,3H3,(H,28,30)(H,24,25,27). The maximum Gasteiger partial charge on any atom is 0.255 e. The highest BCUT2D eigenvalue weighted by atomic mass is 19.3. The number of aromatic nitrogens is 4. The summed E-state index contributed by atoms with van der Waals surface area (Å²) in [5, 5.41) is 9.91. The summed E-state index contributed by atoms with van der Waals surface area (Å²) in [5.41, 5.74) is 3.97. The van der Waals surface area contributed by atoms with E-state index in [2.05, 4.69) is 32.3 Å². The third-order valence-electron chi connectivity index (χ3n) is 5.18. The second kappa shape index (κ2) is 7.47. The maximum absolute atomic E-state index is 13.0. The Hall–Kier alpha value is -3.36. The smallest absolute Gasteiger partial charge is 0.255 e. The minimum absolute atomic E-state index is 0.329. The average Bonchev–Trinajstić information content (AvgIpc) is 3.10. The number of carbonyl (C=O) groups excluding carboxylic acids is 1. The second-order valence-electron chi connectivity index (χ2n) is 7.44. The quantitative estimate of drug-likeness (QED) is 0.648. The van der Waals surface area contributed by atoms with Gasteiger partial charge in [-0.15, -0.1) is 0 Å². The highest BCUT2D eigenvalue weighted by molar-refractivity contribution is 6.01. The first-order valence-corrected chi connectivity index (χ1v) is 9.70. The Morgan fingerprint density at radius 1 is 1.33 bits per heavy atom. The summed E-state index contributed by atoms with van der Waals surface area (Å²) in [6, 6.07) is 3.13. The van der Waals surface area contributed by atoms with Crippen LogP contribution in [0.25, 0.3) is 11.1 Å². The molecule has 7 nitrogen and oxygen atoms in total. The zero-order chi connectivity index (χ0) is 21.5. The van der Waals surface area contributed by atoms with Crippen molar-refractivity contribution in [1.82, 2.24) is 24.9 Å². The van der Waals surface area contributed by atoms with Gasteiger partial charge in [-0.2, -0.15) is 5.10 Å². The van der Waals surface area contributed by atoms with Crippen LogP contribution in [0, 0.1) is 6.92 Å². The molecule has 1 fully saturated rings. The van der Waals surface area contributed by atoms with E-state index in [0.29, 0.717) is 22.6 Å². The van der Waals surface area contributed by atoms with Gasteiger partial charge < -0.3 is 10.6 Å². The molecule has 0 bridgehead atoms. The monoisotopic (exact) mass is 412 g/mol. The Kier molecular flexibility index (Phi) is 4.97. The minimum Gasteiger partial charge on any atom is -0.354 e. The molecule has 0 aromatic carbocycles. The lowest BCUT2D eigenvalue weighted by Gasteiger charge is -2.35. The fourth-order valence-electron chi connectivity index (χ4n) is 3.53. The van der Waals surface area contributed by atoms with Crippen molar-refractivity contribution < 1.29 is 13.6 Å². The van der Waals surface area contributed by atoms with E-state index in [1.807, 2.05) is 19.9 Å². The van der Waals surface area contributed by atoms with Gasteiger partial charge in [0.25, 0.3) is 11.8 Å². The van der Waals surface area contributed by atoms with Crippen molar-refractivity contribution in [2.75, 3.05) is 11.9 Å². The molecule has 0 unspecified atom stereocenters. The van der Waals surface area contributed by atoms with Crippen LogP contribution in [0.15, 0.2) is 37.3 Å². The van der Waals surface area contributed by atoms with Crippen molar-refractivity contribution in [3.8, 4) is 0 Å². The lowest BCUT2D eigenvalue weighted by molar-refractivity contribution is -0.0901. The fourth-order valence-corrected chi connectivity index (χ4v) is 3.53. The van der Waals surface area contributed by atoms with E-state index in [1.54, 1.807) is 23.0 Å². The Labute approximate surface area is 172 Å². The molecule has 3 heterocycles. The Balaban J connectivity index is 1.59. The molecule has 1 saturated carbocycles. The van der Waals surface area contributed by atoms with Crippen LogP contribution in [0.4, 0.5) is 14.7 Å². The summed E-state index contributed by atoms with van der Waals surface area (Å²) >= 11 is 0. The van der Waals surface area contributed by atoms with Crippen LogP contribution in [-0.2, 0) is 0 Å². The SMILES string of the molecule is C=C(c1ccn2ncc(C(=O)NC3CC(F)(F)C3)c2c1)c1cnc(NCC)nc1C. The van der Waals surface area contributed by atoms with E-state index in [1.165, 1.54) is 6.20 Å². The molecule has 0 aliphatic heterocycles. The van der Waals surface area contributed by atoms with Crippen molar-refractivity contribution in [2.24, 2.45) is 0 Å². The number of hydrogen-bond acceptors (Lipinski definition) is 5. The van der Waals surface area contributed by atoms with Gasteiger partial charge in [0.05, 0.1) is 23.0 Å². The molecule has 1 aliphatic carbocycles. The van der Waals surface area contributed by atoms with E-state index in [9.17, 15) is 13.6 Å². The number of aryl methyl sites for hydroxylation is 1. The zero-order valence-electron chi connectivity index (χ0n) is 16.7. The van der Waals surface area contributed by atoms with Gasteiger partial charge in [-0.1, -0.05) is 6.58 Å². The van der Waals surface area contributed by atoms with Gasteiger partial charge in [0, 0.05) is 43.4 Å². The number of amides is 1. The predicted octanol–water partition coefficient (Wildman–Crippen LogP) is 3.45. The number of rotatable bonds is 6. The van der Waals surface area contributed by atoms with Gasteiger partial charge in [-0.25, -0.2) is 23.3 Å². The summed E-state index contributed by atoms with van der Waals surface area (Å²) in [4.78, 5) is 21.3. The van der Waals surface area contributed by atoms with Gasteiger partial charge in [-0.3, -0.25) is 4.79 Å².